The molecule has 0 bridgehead atoms. The number of aliphatic hydroxyl groups excluding tert-OH is 2. The third-order valence-corrected chi connectivity index (χ3v) is 3.42. The molecule has 4 atom stereocenters. The molecule has 0 aromatic heterocycles. The molecule has 2 aliphatic rings. The Balaban J connectivity index is 2.33. The minimum atomic E-state index is -1.21. The van der Waals surface area contributed by atoms with Gasteiger partial charge in [0.25, 0.3) is 0 Å². The molecular formula is C12H16N4O3. The van der Waals surface area contributed by atoms with Crippen molar-refractivity contribution in [1.29, 1.82) is 5.26 Å². The lowest BCUT2D eigenvalue weighted by Gasteiger charge is -2.34. The normalized spacial score (nSPS) is 38.2. The first-order valence-corrected chi connectivity index (χ1v) is 5.79. The van der Waals surface area contributed by atoms with Gasteiger partial charge in [-0.1, -0.05) is 6.58 Å². The van der Waals surface area contributed by atoms with E-state index in [1.165, 1.54) is 4.90 Å². The van der Waals surface area contributed by atoms with Crippen LogP contribution in [0.1, 0.15) is 6.92 Å². The van der Waals surface area contributed by atoms with Gasteiger partial charge < -0.3 is 25.6 Å². The van der Waals surface area contributed by atoms with Gasteiger partial charge in [-0.3, -0.25) is 0 Å². The zero-order valence-corrected chi connectivity index (χ0v) is 10.5. The summed E-state index contributed by atoms with van der Waals surface area (Å²) in [4.78, 5) is 5.52. The van der Waals surface area contributed by atoms with Crippen molar-refractivity contribution in [2.45, 2.75) is 25.4 Å². The van der Waals surface area contributed by atoms with Crippen molar-refractivity contribution in [2.24, 2.45) is 16.1 Å². The summed E-state index contributed by atoms with van der Waals surface area (Å²) >= 11 is 0. The molecule has 1 saturated heterocycles. The van der Waals surface area contributed by atoms with E-state index in [9.17, 15) is 15.5 Å². The van der Waals surface area contributed by atoms with Crippen LogP contribution >= 0.6 is 0 Å². The number of ether oxygens (including phenoxy) is 1. The van der Waals surface area contributed by atoms with Gasteiger partial charge in [0.15, 0.2) is 6.23 Å². The van der Waals surface area contributed by atoms with Crippen LogP contribution in [0.5, 0.6) is 0 Å². The zero-order valence-electron chi connectivity index (χ0n) is 10.5. The molecule has 1 fully saturated rings. The van der Waals surface area contributed by atoms with Crippen LogP contribution in [-0.4, -0.2) is 46.0 Å². The van der Waals surface area contributed by atoms with Crippen molar-refractivity contribution in [3.8, 4) is 6.07 Å². The largest absolute Gasteiger partial charge is 0.394 e. The topological polar surface area (TPSA) is 115 Å². The van der Waals surface area contributed by atoms with Crippen molar-refractivity contribution in [1.82, 2.24) is 4.90 Å². The summed E-state index contributed by atoms with van der Waals surface area (Å²) in [5.41, 5.74) is 4.34. The van der Waals surface area contributed by atoms with Gasteiger partial charge in [-0.15, -0.1) is 0 Å². The average molecular weight is 264 g/mol. The van der Waals surface area contributed by atoms with Crippen molar-refractivity contribution in [3.63, 3.8) is 0 Å². The van der Waals surface area contributed by atoms with E-state index in [-0.39, 0.29) is 6.61 Å². The number of amidine groups is 1. The number of aliphatic hydroxyl groups is 2. The summed E-state index contributed by atoms with van der Waals surface area (Å²) in [6.45, 7) is 4.94. The van der Waals surface area contributed by atoms with E-state index in [2.05, 4.69) is 17.6 Å². The second kappa shape index (κ2) is 4.66. The molecule has 7 heteroatoms. The molecule has 0 amide bonds. The molecule has 7 nitrogen and oxygen atoms in total. The van der Waals surface area contributed by atoms with E-state index in [4.69, 9.17) is 10.5 Å². The highest BCUT2D eigenvalue weighted by Crippen LogP contribution is 2.41. The fourth-order valence-electron chi connectivity index (χ4n) is 2.23. The average Bonchev–Trinajstić information content (AvgIpc) is 2.63. The van der Waals surface area contributed by atoms with E-state index in [1.807, 2.05) is 0 Å². The molecule has 0 aromatic carbocycles. The van der Waals surface area contributed by atoms with Crippen LogP contribution < -0.4 is 5.73 Å². The van der Waals surface area contributed by atoms with Crippen molar-refractivity contribution < 1.29 is 14.9 Å². The van der Waals surface area contributed by atoms with Crippen molar-refractivity contribution >= 4 is 5.84 Å². The van der Waals surface area contributed by atoms with E-state index >= 15 is 0 Å². The number of rotatable bonds is 2. The molecule has 0 unspecified atom stereocenters. The van der Waals surface area contributed by atoms with Gasteiger partial charge in [-0.05, 0) is 13.0 Å². The number of aliphatic imine (C=N–C) groups is 1. The predicted octanol–water partition coefficient (Wildman–Crippen LogP) is -0.748. The Bertz CT molecular complexity index is 496. The van der Waals surface area contributed by atoms with E-state index in [0.29, 0.717) is 11.7 Å². The Morgan fingerprint density at radius 2 is 2.42 bits per heavy atom. The molecule has 0 spiro atoms. The van der Waals surface area contributed by atoms with Gasteiger partial charge in [0.2, 0.25) is 0 Å². The standard InChI is InChI=1S/C12H16N4O3/c1-7-15-9(14)3-4-16(7)11-12(2,6-13)10(18)8(5-17)19-11/h3-4,8,10-11,17-18H,1,5H2,2H3,(H2,14,15)/t8-,10-,11-,12-/m1/s1. The highest BCUT2D eigenvalue weighted by molar-refractivity contribution is 5.92. The third kappa shape index (κ3) is 2.00. The quantitative estimate of drug-likeness (QED) is 0.604. The van der Waals surface area contributed by atoms with Gasteiger partial charge in [-0.2, -0.15) is 5.26 Å². The summed E-state index contributed by atoms with van der Waals surface area (Å²) in [5.74, 6) is 0.620. The fourth-order valence-corrected chi connectivity index (χ4v) is 2.23. The first kappa shape index (κ1) is 13.5. The summed E-state index contributed by atoms with van der Waals surface area (Å²) < 4.78 is 5.56. The highest BCUT2D eigenvalue weighted by atomic mass is 16.5. The van der Waals surface area contributed by atoms with Gasteiger partial charge in [0, 0.05) is 6.20 Å². The maximum absolute atomic E-state index is 10.1. The van der Waals surface area contributed by atoms with Crippen LogP contribution in [0.3, 0.4) is 0 Å². The van der Waals surface area contributed by atoms with Gasteiger partial charge in [0.1, 0.15) is 29.3 Å². The van der Waals surface area contributed by atoms with E-state index < -0.39 is 23.9 Å². The molecule has 2 aliphatic heterocycles. The van der Waals surface area contributed by atoms with Gasteiger partial charge in [0.05, 0.1) is 12.7 Å². The molecule has 2 heterocycles. The monoisotopic (exact) mass is 264 g/mol. The lowest BCUT2D eigenvalue weighted by Crippen LogP contribution is -2.45. The molecule has 2 rings (SSSR count). The minimum Gasteiger partial charge on any atom is -0.394 e. The van der Waals surface area contributed by atoms with Crippen molar-refractivity contribution in [2.75, 3.05) is 6.61 Å². The molecule has 19 heavy (non-hydrogen) atoms. The zero-order chi connectivity index (χ0) is 14.2. The van der Waals surface area contributed by atoms with Crippen LogP contribution in [0, 0.1) is 16.7 Å². The third-order valence-electron chi connectivity index (χ3n) is 3.42. The van der Waals surface area contributed by atoms with Crippen LogP contribution in [0.2, 0.25) is 0 Å². The maximum atomic E-state index is 10.1. The SMILES string of the molecule is C=C1N=C(N)C=CN1[C@@H]1O[C@H](CO)[C@@H](O)[C@@]1(C)C#N. The number of hydrogen-bond acceptors (Lipinski definition) is 7. The summed E-state index contributed by atoms with van der Waals surface area (Å²) in [5, 5.41) is 28.6. The smallest absolute Gasteiger partial charge is 0.156 e. The van der Waals surface area contributed by atoms with Gasteiger partial charge >= 0.3 is 0 Å². The van der Waals surface area contributed by atoms with Crippen LogP contribution in [0.15, 0.2) is 29.7 Å². The molecule has 0 aromatic rings. The van der Waals surface area contributed by atoms with Crippen LogP contribution in [-0.2, 0) is 4.74 Å². The number of nitrogens with two attached hydrogens (primary N) is 1. The van der Waals surface area contributed by atoms with Gasteiger partial charge in [-0.25, -0.2) is 4.99 Å². The number of hydrogen-bond donors (Lipinski definition) is 3. The highest BCUT2D eigenvalue weighted by Gasteiger charge is 2.56. The Labute approximate surface area is 110 Å². The van der Waals surface area contributed by atoms with Crippen LogP contribution in [0.4, 0.5) is 0 Å². The number of nitrogens with zero attached hydrogens (tertiary/aromatic N) is 3. The second-order valence-corrected chi connectivity index (χ2v) is 4.72. The Morgan fingerprint density at radius 1 is 1.74 bits per heavy atom. The van der Waals surface area contributed by atoms with E-state index in [0.717, 1.165) is 0 Å². The number of nitriles is 1. The van der Waals surface area contributed by atoms with E-state index in [1.54, 1.807) is 19.2 Å². The predicted molar refractivity (Wildman–Crippen MR) is 67.2 cm³/mol. The molecule has 102 valence electrons. The van der Waals surface area contributed by atoms with Crippen molar-refractivity contribution in [3.05, 3.63) is 24.7 Å². The first-order valence-electron chi connectivity index (χ1n) is 5.79. The Kier molecular flexibility index (Phi) is 3.32. The first-order chi connectivity index (χ1) is 8.93. The summed E-state index contributed by atoms with van der Waals surface area (Å²) in [7, 11) is 0. The fraction of sp³-hybridized carbons (Fsp3) is 0.500. The van der Waals surface area contributed by atoms with Crippen LogP contribution in [0.25, 0.3) is 0 Å². The summed E-state index contributed by atoms with van der Waals surface area (Å²) in [6.07, 6.45) is 0.438. The Morgan fingerprint density at radius 3 is 2.95 bits per heavy atom. The Hall–Kier alpha value is -1.88. The maximum Gasteiger partial charge on any atom is 0.156 e. The lowest BCUT2D eigenvalue weighted by molar-refractivity contribution is -0.0634. The molecule has 0 saturated carbocycles. The molecule has 0 aliphatic carbocycles. The minimum absolute atomic E-state index is 0.303. The summed E-state index contributed by atoms with van der Waals surface area (Å²) in [6, 6.07) is 2.05. The molecule has 0 radical (unpaired) electrons. The second-order valence-electron chi connectivity index (χ2n) is 4.72. The molecule has 4 N–H and O–H groups in total. The lowest BCUT2D eigenvalue weighted by atomic mass is 9.83. The molecular weight excluding hydrogens is 248 g/mol.